The molecule has 0 saturated heterocycles. The van der Waals surface area contributed by atoms with E-state index >= 15 is 0 Å². The van der Waals surface area contributed by atoms with Crippen LogP contribution in [-0.4, -0.2) is 22.9 Å². The molecule has 1 aliphatic heterocycles. The lowest BCUT2D eigenvalue weighted by Crippen LogP contribution is -2.19. The second-order valence-electron chi connectivity index (χ2n) is 7.13. The zero-order valence-electron chi connectivity index (χ0n) is 14.1. The van der Waals surface area contributed by atoms with E-state index < -0.39 is 0 Å². The molecule has 0 bridgehead atoms. The number of hydrogen-bond donors (Lipinski definition) is 1. The van der Waals surface area contributed by atoms with Gasteiger partial charge in [0.25, 0.3) is 0 Å². The highest BCUT2D eigenvalue weighted by atomic mass is 15.3. The summed E-state index contributed by atoms with van der Waals surface area (Å²) in [4.78, 5) is 0. The van der Waals surface area contributed by atoms with E-state index in [-0.39, 0.29) is 0 Å². The molecule has 4 rings (SSSR count). The van der Waals surface area contributed by atoms with Crippen molar-refractivity contribution in [2.45, 2.75) is 57.9 Å². The van der Waals surface area contributed by atoms with E-state index in [0.717, 1.165) is 25.9 Å². The van der Waals surface area contributed by atoms with Crippen molar-refractivity contribution in [3.05, 3.63) is 41.1 Å². The Bertz CT molecular complexity index is 663. The van der Waals surface area contributed by atoms with Crippen molar-refractivity contribution < 1.29 is 0 Å². The van der Waals surface area contributed by atoms with Crippen LogP contribution in [0.1, 0.15) is 55.0 Å². The summed E-state index contributed by atoms with van der Waals surface area (Å²) in [5.74, 6) is 0. The maximum absolute atomic E-state index is 5.11. The number of benzene rings is 1. The molecule has 3 heteroatoms. The fourth-order valence-electron chi connectivity index (χ4n) is 4.13. The van der Waals surface area contributed by atoms with E-state index in [1.165, 1.54) is 60.2 Å². The average molecular weight is 309 g/mol. The normalized spacial score (nSPS) is 19.3. The lowest BCUT2D eigenvalue weighted by molar-refractivity contribution is 0.330. The van der Waals surface area contributed by atoms with Crippen molar-refractivity contribution in [3.63, 3.8) is 0 Å². The minimum Gasteiger partial charge on any atom is -0.316 e. The Labute approximate surface area is 139 Å². The van der Waals surface area contributed by atoms with Crippen LogP contribution in [0.2, 0.25) is 0 Å². The Balaban J connectivity index is 1.82. The summed E-state index contributed by atoms with van der Waals surface area (Å²) >= 11 is 0. The predicted molar refractivity (Wildman–Crippen MR) is 94.8 cm³/mol. The molecule has 0 amide bonds. The molecular formula is C20H27N3. The SMILES string of the molecule is Cc1ccc(-c2c3c(nn2C2CCCCC2)CCNCC3)cc1. The van der Waals surface area contributed by atoms with Crippen LogP contribution in [0.5, 0.6) is 0 Å². The van der Waals surface area contributed by atoms with Gasteiger partial charge in [-0.3, -0.25) is 4.68 Å². The monoisotopic (exact) mass is 309 g/mol. The third-order valence-corrected chi connectivity index (χ3v) is 5.43. The Morgan fingerprint density at radius 2 is 1.74 bits per heavy atom. The van der Waals surface area contributed by atoms with Crippen LogP contribution in [0.3, 0.4) is 0 Å². The minimum atomic E-state index is 0.597. The predicted octanol–water partition coefficient (Wildman–Crippen LogP) is 4.05. The summed E-state index contributed by atoms with van der Waals surface area (Å²) in [6, 6.07) is 9.62. The maximum atomic E-state index is 5.11. The van der Waals surface area contributed by atoms with Crippen LogP contribution in [0.4, 0.5) is 0 Å². The Morgan fingerprint density at radius 1 is 1.00 bits per heavy atom. The quantitative estimate of drug-likeness (QED) is 0.907. The molecule has 0 radical (unpaired) electrons. The van der Waals surface area contributed by atoms with Crippen LogP contribution in [0.15, 0.2) is 24.3 Å². The molecule has 2 aromatic rings. The third-order valence-electron chi connectivity index (χ3n) is 5.43. The zero-order valence-corrected chi connectivity index (χ0v) is 14.1. The van der Waals surface area contributed by atoms with Gasteiger partial charge in [-0.2, -0.15) is 5.10 Å². The number of fused-ring (bicyclic) bond motifs is 1. The first-order valence-electron chi connectivity index (χ1n) is 9.21. The first-order chi connectivity index (χ1) is 11.3. The second-order valence-corrected chi connectivity index (χ2v) is 7.13. The van der Waals surface area contributed by atoms with Gasteiger partial charge in [0.1, 0.15) is 0 Å². The van der Waals surface area contributed by atoms with Gasteiger partial charge in [0.05, 0.1) is 17.4 Å². The molecule has 1 aromatic carbocycles. The van der Waals surface area contributed by atoms with E-state index in [0.29, 0.717) is 6.04 Å². The van der Waals surface area contributed by atoms with Crippen LogP contribution in [0, 0.1) is 6.92 Å². The number of aryl methyl sites for hydroxylation is 1. The summed E-state index contributed by atoms with van der Waals surface area (Å²) in [5.41, 5.74) is 6.89. The number of hydrogen-bond acceptors (Lipinski definition) is 2. The molecule has 122 valence electrons. The molecule has 0 unspecified atom stereocenters. The van der Waals surface area contributed by atoms with Crippen LogP contribution >= 0.6 is 0 Å². The summed E-state index contributed by atoms with van der Waals surface area (Å²) in [6.45, 7) is 4.29. The molecule has 1 fully saturated rings. The van der Waals surface area contributed by atoms with Crippen molar-refractivity contribution in [2.24, 2.45) is 0 Å². The van der Waals surface area contributed by atoms with E-state index in [2.05, 4.69) is 41.2 Å². The Hall–Kier alpha value is -1.61. The molecule has 0 atom stereocenters. The smallest absolute Gasteiger partial charge is 0.0720 e. The van der Waals surface area contributed by atoms with Gasteiger partial charge in [0.2, 0.25) is 0 Å². The molecule has 1 aromatic heterocycles. The molecule has 1 saturated carbocycles. The molecule has 1 aliphatic carbocycles. The molecule has 0 spiro atoms. The fourth-order valence-corrected chi connectivity index (χ4v) is 4.13. The highest BCUT2D eigenvalue weighted by Gasteiger charge is 2.25. The van der Waals surface area contributed by atoms with Gasteiger partial charge in [-0.05, 0) is 32.7 Å². The standard InChI is InChI=1S/C20H27N3/c1-15-7-9-16(10-8-15)20-18-11-13-21-14-12-19(18)22-23(20)17-5-3-2-4-6-17/h7-10,17,21H,2-6,11-14H2,1H3. The number of nitrogens with one attached hydrogen (secondary N) is 1. The lowest BCUT2D eigenvalue weighted by Gasteiger charge is -2.24. The van der Waals surface area contributed by atoms with E-state index in [1.54, 1.807) is 0 Å². The van der Waals surface area contributed by atoms with Crippen molar-refractivity contribution >= 4 is 0 Å². The Morgan fingerprint density at radius 3 is 2.52 bits per heavy atom. The first-order valence-corrected chi connectivity index (χ1v) is 9.21. The first kappa shape index (κ1) is 14.9. The highest BCUT2D eigenvalue weighted by molar-refractivity contribution is 5.65. The van der Waals surface area contributed by atoms with Crippen molar-refractivity contribution in [1.82, 2.24) is 15.1 Å². The van der Waals surface area contributed by atoms with Gasteiger partial charge in [-0.15, -0.1) is 0 Å². The van der Waals surface area contributed by atoms with Crippen LogP contribution in [0.25, 0.3) is 11.3 Å². The van der Waals surface area contributed by atoms with Gasteiger partial charge in [0.15, 0.2) is 0 Å². The number of nitrogens with zero attached hydrogens (tertiary/aromatic N) is 2. The summed E-state index contributed by atoms with van der Waals surface area (Å²) < 4.78 is 2.40. The van der Waals surface area contributed by atoms with Crippen molar-refractivity contribution in [3.8, 4) is 11.3 Å². The van der Waals surface area contributed by atoms with Gasteiger partial charge < -0.3 is 5.32 Å². The average Bonchev–Trinajstić information content (AvgIpc) is 2.79. The number of rotatable bonds is 2. The van der Waals surface area contributed by atoms with E-state index in [4.69, 9.17) is 5.10 Å². The fraction of sp³-hybridized carbons (Fsp3) is 0.550. The summed E-state index contributed by atoms with van der Waals surface area (Å²) in [5, 5.41) is 8.63. The Kier molecular flexibility index (Phi) is 4.21. The summed E-state index contributed by atoms with van der Waals surface area (Å²) in [6.07, 6.45) is 8.84. The van der Waals surface area contributed by atoms with Crippen LogP contribution < -0.4 is 5.32 Å². The van der Waals surface area contributed by atoms with Gasteiger partial charge in [0, 0.05) is 24.1 Å². The topological polar surface area (TPSA) is 29.9 Å². The molecule has 2 aliphatic rings. The molecule has 23 heavy (non-hydrogen) atoms. The minimum absolute atomic E-state index is 0.597. The second kappa shape index (κ2) is 6.48. The summed E-state index contributed by atoms with van der Waals surface area (Å²) in [7, 11) is 0. The lowest BCUT2D eigenvalue weighted by atomic mass is 9.94. The zero-order chi connectivity index (χ0) is 15.6. The maximum Gasteiger partial charge on any atom is 0.0720 e. The van der Waals surface area contributed by atoms with E-state index in [1.807, 2.05) is 0 Å². The molecule has 2 heterocycles. The largest absolute Gasteiger partial charge is 0.316 e. The molecular weight excluding hydrogens is 282 g/mol. The van der Waals surface area contributed by atoms with Crippen molar-refractivity contribution in [1.29, 1.82) is 0 Å². The van der Waals surface area contributed by atoms with Crippen molar-refractivity contribution in [2.75, 3.05) is 13.1 Å². The van der Waals surface area contributed by atoms with Crippen LogP contribution in [-0.2, 0) is 12.8 Å². The van der Waals surface area contributed by atoms with Gasteiger partial charge in [-0.25, -0.2) is 0 Å². The highest BCUT2D eigenvalue weighted by Crippen LogP contribution is 2.36. The van der Waals surface area contributed by atoms with Gasteiger partial charge in [-0.1, -0.05) is 49.1 Å². The van der Waals surface area contributed by atoms with E-state index in [9.17, 15) is 0 Å². The molecule has 3 nitrogen and oxygen atoms in total. The third kappa shape index (κ3) is 2.94. The number of aromatic nitrogens is 2. The molecule has 1 N–H and O–H groups in total. The van der Waals surface area contributed by atoms with Gasteiger partial charge >= 0.3 is 0 Å².